The first-order valence-corrected chi connectivity index (χ1v) is 12.3. The number of anilines is 2. The second-order valence-electron chi connectivity index (χ2n) is 7.50. The standard InChI is InChI=1S/C25H26N2O7S/c1-32-22-14-20(25(29)34-3)21(15-23(22)33-2)26-24(28)18-10-12-19(13-11-18)27(35(4,30)31)16-17-8-6-5-7-9-17/h5-15H,16H2,1-4H3,(H,26,28). The zero-order valence-corrected chi connectivity index (χ0v) is 20.6. The molecule has 0 unspecified atom stereocenters. The van der Waals surface area contributed by atoms with Crippen molar-refractivity contribution in [2.24, 2.45) is 0 Å². The number of carbonyl (C=O) groups excluding carboxylic acids is 2. The van der Waals surface area contributed by atoms with Crippen molar-refractivity contribution < 1.29 is 32.2 Å². The summed E-state index contributed by atoms with van der Waals surface area (Å²) in [5, 5.41) is 2.68. The topological polar surface area (TPSA) is 111 Å². The predicted molar refractivity (Wildman–Crippen MR) is 133 cm³/mol. The number of ether oxygens (including phenoxy) is 3. The van der Waals surface area contributed by atoms with Crippen LogP contribution in [-0.4, -0.2) is 47.9 Å². The molecule has 35 heavy (non-hydrogen) atoms. The van der Waals surface area contributed by atoms with Crippen LogP contribution in [0, 0.1) is 0 Å². The van der Waals surface area contributed by atoms with Crippen LogP contribution in [-0.2, 0) is 21.3 Å². The van der Waals surface area contributed by atoms with E-state index in [4.69, 9.17) is 14.2 Å². The van der Waals surface area contributed by atoms with Crippen molar-refractivity contribution in [1.82, 2.24) is 0 Å². The molecule has 0 fully saturated rings. The Morgan fingerprint density at radius 2 is 1.49 bits per heavy atom. The van der Waals surface area contributed by atoms with Crippen molar-refractivity contribution in [3.63, 3.8) is 0 Å². The van der Waals surface area contributed by atoms with Gasteiger partial charge in [-0.25, -0.2) is 13.2 Å². The molecule has 3 aromatic carbocycles. The monoisotopic (exact) mass is 498 g/mol. The lowest BCUT2D eigenvalue weighted by atomic mass is 10.1. The molecule has 3 aromatic rings. The molecule has 0 aliphatic rings. The van der Waals surface area contributed by atoms with E-state index in [0.717, 1.165) is 11.8 Å². The molecule has 0 bridgehead atoms. The number of hydrogen-bond acceptors (Lipinski definition) is 7. The average Bonchev–Trinajstić information content (AvgIpc) is 2.86. The number of sulfonamides is 1. The van der Waals surface area contributed by atoms with E-state index in [2.05, 4.69) is 5.32 Å². The highest BCUT2D eigenvalue weighted by atomic mass is 32.2. The van der Waals surface area contributed by atoms with E-state index >= 15 is 0 Å². The van der Waals surface area contributed by atoms with Crippen LogP contribution in [0.1, 0.15) is 26.3 Å². The summed E-state index contributed by atoms with van der Waals surface area (Å²) in [6.07, 6.45) is 1.13. The quantitative estimate of drug-likeness (QED) is 0.448. The lowest BCUT2D eigenvalue weighted by Crippen LogP contribution is -2.29. The normalized spacial score (nSPS) is 10.9. The lowest BCUT2D eigenvalue weighted by molar-refractivity contribution is 0.0601. The van der Waals surface area contributed by atoms with Crippen LogP contribution in [0.15, 0.2) is 66.7 Å². The van der Waals surface area contributed by atoms with Crippen molar-refractivity contribution in [3.05, 3.63) is 83.4 Å². The number of carbonyl (C=O) groups is 2. The minimum absolute atomic E-state index is 0.0845. The third-order valence-electron chi connectivity index (χ3n) is 5.16. The van der Waals surface area contributed by atoms with Crippen molar-refractivity contribution in [2.45, 2.75) is 6.54 Å². The zero-order chi connectivity index (χ0) is 25.6. The molecule has 1 amide bonds. The average molecular weight is 499 g/mol. The van der Waals surface area contributed by atoms with E-state index in [-0.39, 0.29) is 23.4 Å². The van der Waals surface area contributed by atoms with E-state index in [1.54, 1.807) is 12.1 Å². The first-order valence-electron chi connectivity index (χ1n) is 10.4. The van der Waals surface area contributed by atoms with Gasteiger partial charge in [0.15, 0.2) is 11.5 Å². The van der Waals surface area contributed by atoms with Gasteiger partial charge in [-0.15, -0.1) is 0 Å². The Morgan fingerprint density at radius 3 is 2.03 bits per heavy atom. The second kappa shape index (κ2) is 10.9. The van der Waals surface area contributed by atoms with Crippen LogP contribution in [0.5, 0.6) is 11.5 Å². The van der Waals surface area contributed by atoms with Crippen molar-refractivity contribution in [2.75, 3.05) is 37.2 Å². The third kappa shape index (κ3) is 6.10. The molecule has 0 heterocycles. The predicted octanol–water partition coefficient (Wildman–Crippen LogP) is 3.71. The van der Waals surface area contributed by atoms with Crippen LogP contribution < -0.4 is 19.1 Å². The van der Waals surface area contributed by atoms with Gasteiger partial charge in [-0.1, -0.05) is 30.3 Å². The van der Waals surface area contributed by atoms with Crippen LogP contribution in [0.3, 0.4) is 0 Å². The smallest absolute Gasteiger partial charge is 0.340 e. The largest absolute Gasteiger partial charge is 0.493 e. The van der Waals surface area contributed by atoms with Gasteiger partial charge in [-0.2, -0.15) is 0 Å². The van der Waals surface area contributed by atoms with Gasteiger partial charge >= 0.3 is 5.97 Å². The van der Waals surface area contributed by atoms with E-state index in [0.29, 0.717) is 17.2 Å². The van der Waals surface area contributed by atoms with E-state index in [9.17, 15) is 18.0 Å². The van der Waals surface area contributed by atoms with Crippen LogP contribution in [0.2, 0.25) is 0 Å². The summed E-state index contributed by atoms with van der Waals surface area (Å²) in [5.41, 5.74) is 1.75. The maximum atomic E-state index is 12.9. The van der Waals surface area contributed by atoms with Gasteiger partial charge in [-0.3, -0.25) is 9.10 Å². The fourth-order valence-electron chi connectivity index (χ4n) is 3.38. The molecule has 0 atom stereocenters. The fraction of sp³-hybridized carbons (Fsp3) is 0.200. The molecule has 10 heteroatoms. The van der Waals surface area contributed by atoms with Gasteiger partial charge in [-0.05, 0) is 29.8 Å². The Kier molecular flexibility index (Phi) is 7.98. The maximum Gasteiger partial charge on any atom is 0.340 e. The molecule has 0 aromatic heterocycles. The zero-order valence-electron chi connectivity index (χ0n) is 19.8. The van der Waals surface area contributed by atoms with Crippen LogP contribution in [0.25, 0.3) is 0 Å². The molecule has 0 aliphatic carbocycles. The number of rotatable bonds is 9. The summed E-state index contributed by atoms with van der Waals surface area (Å²) in [5.74, 6) is -0.561. The van der Waals surface area contributed by atoms with Crippen molar-refractivity contribution in [1.29, 1.82) is 0 Å². The van der Waals surface area contributed by atoms with Gasteiger partial charge < -0.3 is 19.5 Å². The fourth-order valence-corrected chi connectivity index (χ4v) is 4.27. The maximum absolute atomic E-state index is 12.9. The highest BCUT2D eigenvalue weighted by Crippen LogP contribution is 2.34. The molecule has 0 radical (unpaired) electrons. The summed E-state index contributed by atoms with van der Waals surface area (Å²) in [7, 11) is 0.514. The Balaban J connectivity index is 1.88. The minimum Gasteiger partial charge on any atom is -0.493 e. The Labute approximate surface area is 204 Å². The summed E-state index contributed by atoms with van der Waals surface area (Å²) < 4.78 is 41.4. The molecule has 1 N–H and O–H groups in total. The molecule has 0 saturated heterocycles. The lowest BCUT2D eigenvalue weighted by Gasteiger charge is -2.22. The number of amides is 1. The molecular formula is C25H26N2O7S. The van der Waals surface area contributed by atoms with Crippen LogP contribution >= 0.6 is 0 Å². The molecule has 0 saturated carbocycles. The second-order valence-corrected chi connectivity index (χ2v) is 9.41. The van der Waals surface area contributed by atoms with Gasteiger partial charge in [0, 0.05) is 17.7 Å². The summed E-state index contributed by atoms with van der Waals surface area (Å²) in [6, 6.07) is 18.2. The number of nitrogens with zero attached hydrogens (tertiary/aromatic N) is 1. The van der Waals surface area contributed by atoms with Gasteiger partial charge in [0.2, 0.25) is 10.0 Å². The summed E-state index contributed by atoms with van der Waals surface area (Å²) in [6.45, 7) is 0.152. The number of esters is 1. The Morgan fingerprint density at radius 1 is 0.886 bits per heavy atom. The molecule has 3 rings (SSSR count). The first-order chi connectivity index (χ1) is 16.7. The highest BCUT2D eigenvalue weighted by molar-refractivity contribution is 7.92. The number of methoxy groups -OCH3 is 3. The molecule has 0 spiro atoms. The van der Waals surface area contributed by atoms with E-state index < -0.39 is 21.9 Å². The van der Waals surface area contributed by atoms with Crippen molar-refractivity contribution >= 4 is 33.3 Å². The molecule has 9 nitrogen and oxygen atoms in total. The van der Waals surface area contributed by atoms with Crippen molar-refractivity contribution in [3.8, 4) is 11.5 Å². The van der Waals surface area contributed by atoms with Crippen LogP contribution in [0.4, 0.5) is 11.4 Å². The highest BCUT2D eigenvalue weighted by Gasteiger charge is 2.21. The first kappa shape index (κ1) is 25.6. The SMILES string of the molecule is COC(=O)c1cc(OC)c(OC)cc1NC(=O)c1ccc(N(Cc2ccccc2)S(C)(=O)=O)cc1. The van der Waals surface area contributed by atoms with Gasteiger partial charge in [0.1, 0.15) is 0 Å². The van der Waals surface area contributed by atoms with Gasteiger partial charge in [0.05, 0.1) is 51.1 Å². The molecular weight excluding hydrogens is 472 g/mol. The van der Waals surface area contributed by atoms with E-state index in [1.807, 2.05) is 30.3 Å². The van der Waals surface area contributed by atoms with E-state index in [1.165, 1.54) is 49.9 Å². The molecule has 184 valence electrons. The number of hydrogen-bond donors (Lipinski definition) is 1. The summed E-state index contributed by atoms with van der Waals surface area (Å²) >= 11 is 0. The summed E-state index contributed by atoms with van der Waals surface area (Å²) in [4.78, 5) is 25.2. The minimum atomic E-state index is -3.57. The third-order valence-corrected chi connectivity index (χ3v) is 6.30. The van der Waals surface area contributed by atoms with Gasteiger partial charge in [0.25, 0.3) is 5.91 Å². The Hall–Kier alpha value is -4.05. The molecule has 0 aliphatic heterocycles. The number of benzene rings is 3. The Bertz CT molecular complexity index is 1310. The number of nitrogens with one attached hydrogen (secondary N) is 1.